The Morgan fingerprint density at radius 2 is 1.70 bits per heavy atom. The van der Waals surface area contributed by atoms with Crippen LogP contribution in [-0.4, -0.2) is 29.2 Å². The highest BCUT2D eigenvalue weighted by Gasteiger charge is 2.16. The van der Waals surface area contributed by atoms with Crippen LogP contribution in [-0.2, 0) is 0 Å². The van der Waals surface area contributed by atoms with Crippen molar-refractivity contribution in [3.05, 3.63) is 47.7 Å². The van der Waals surface area contributed by atoms with E-state index in [1.165, 1.54) is 18.6 Å². The molecule has 2 aromatic rings. The van der Waals surface area contributed by atoms with Gasteiger partial charge in [-0.1, -0.05) is 6.07 Å². The number of carbonyl (C=O) groups is 1. The summed E-state index contributed by atoms with van der Waals surface area (Å²) >= 11 is 0. The van der Waals surface area contributed by atoms with E-state index in [1.54, 1.807) is 6.07 Å². The highest BCUT2D eigenvalue weighted by molar-refractivity contribution is 6.02. The first-order chi connectivity index (χ1) is 11.1. The molecule has 120 valence electrons. The number of benzene rings is 1. The first-order valence-electron chi connectivity index (χ1n) is 7.49. The van der Waals surface area contributed by atoms with E-state index in [-0.39, 0.29) is 5.69 Å². The van der Waals surface area contributed by atoms with Crippen molar-refractivity contribution in [2.24, 2.45) is 0 Å². The van der Waals surface area contributed by atoms with Gasteiger partial charge in [0.1, 0.15) is 17.3 Å². The lowest BCUT2D eigenvalue weighted by molar-refractivity contribution is 0.102. The van der Waals surface area contributed by atoms with Gasteiger partial charge in [0.15, 0.2) is 11.5 Å². The Morgan fingerprint density at radius 1 is 1.00 bits per heavy atom. The Morgan fingerprint density at radius 3 is 2.30 bits per heavy atom. The van der Waals surface area contributed by atoms with Gasteiger partial charge in [-0.3, -0.25) is 4.79 Å². The summed E-state index contributed by atoms with van der Waals surface area (Å²) in [5.74, 6) is -1.67. The molecular weight excluding hydrogens is 302 g/mol. The first-order valence-corrected chi connectivity index (χ1v) is 7.49. The number of anilines is 2. The normalized spacial score (nSPS) is 14.6. The number of aromatic nitrogens is 2. The van der Waals surface area contributed by atoms with E-state index in [0.717, 1.165) is 38.1 Å². The van der Waals surface area contributed by atoms with Gasteiger partial charge in [-0.15, -0.1) is 10.2 Å². The van der Waals surface area contributed by atoms with E-state index in [2.05, 4.69) is 20.4 Å². The van der Waals surface area contributed by atoms with Crippen LogP contribution in [0.3, 0.4) is 0 Å². The lowest BCUT2D eigenvalue weighted by Crippen LogP contribution is -2.30. The molecule has 5 nitrogen and oxygen atoms in total. The maximum atomic E-state index is 13.5. The summed E-state index contributed by atoms with van der Waals surface area (Å²) in [5.41, 5.74) is -0.479. The summed E-state index contributed by atoms with van der Waals surface area (Å²) in [5, 5.41) is 10.1. The molecule has 0 bridgehead atoms. The highest BCUT2D eigenvalue weighted by atomic mass is 19.1. The average Bonchev–Trinajstić information content (AvgIpc) is 2.59. The van der Waals surface area contributed by atoms with E-state index in [9.17, 15) is 13.6 Å². The van der Waals surface area contributed by atoms with E-state index >= 15 is 0 Å². The van der Waals surface area contributed by atoms with Gasteiger partial charge in [-0.05, 0) is 43.5 Å². The van der Waals surface area contributed by atoms with Crippen LogP contribution in [0.25, 0.3) is 0 Å². The van der Waals surface area contributed by atoms with Gasteiger partial charge >= 0.3 is 0 Å². The SMILES string of the molecule is O=C(Nc1c(F)cccc1F)c1ccc(N2CCCCC2)nn1. The number of hydrogen-bond acceptors (Lipinski definition) is 4. The molecule has 1 aromatic carbocycles. The number of hydrogen-bond donors (Lipinski definition) is 1. The minimum atomic E-state index is -0.837. The van der Waals surface area contributed by atoms with E-state index in [0.29, 0.717) is 5.82 Å². The van der Waals surface area contributed by atoms with Gasteiger partial charge in [-0.25, -0.2) is 8.78 Å². The maximum Gasteiger partial charge on any atom is 0.276 e. The zero-order valence-corrected chi connectivity index (χ0v) is 12.4. The smallest absolute Gasteiger partial charge is 0.276 e. The standard InChI is InChI=1S/C16H16F2N4O/c17-11-5-4-6-12(18)15(11)19-16(23)13-7-8-14(21-20-13)22-9-2-1-3-10-22/h4-8H,1-3,9-10H2,(H,19,23). The van der Waals surface area contributed by atoms with Gasteiger partial charge < -0.3 is 10.2 Å². The number of nitrogens with one attached hydrogen (secondary N) is 1. The van der Waals surface area contributed by atoms with Crippen LogP contribution in [0.5, 0.6) is 0 Å². The molecule has 0 saturated carbocycles. The van der Waals surface area contributed by atoms with Gasteiger partial charge in [-0.2, -0.15) is 0 Å². The molecule has 1 N–H and O–H groups in total. The minimum Gasteiger partial charge on any atom is -0.355 e. The lowest BCUT2D eigenvalue weighted by Gasteiger charge is -2.27. The molecule has 1 aromatic heterocycles. The molecule has 23 heavy (non-hydrogen) atoms. The predicted octanol–water partition coefficient (Wildman–Crippen LogP) is 3.00. The monoisotopic (exact) mass is 318 g/mol. The molecule has 1 amide bonds. The zero-order valence-electron chi connectivity index (χ0n) is 12.4. The Kier molecular flexibility index (Phi) is 4.45. The molecule has 0 aliphatic carbocycles. The van der Waals surface area contributed by atoms with Crippen LogP contribution in [0.4, 0.5) is 20.3 Å². The number of halogens is 2. The molecule has 2 heterocycles. The van der Waals surface area contributed by atoms with Crippen LogP contribution in [0, 0.1) is 11.6 Å². The van der Waals surface area contributed by atoms with Crippen molar-refractivity contribution in [1.82, 2.24) is 10.2 Å². The molecule has 1 fully saturated rings. The number of amides is 1. The largest absolute Gasteiger partial charge is 0.355 e. The van der Waals surface area contributed by atoms with Gasteiger partial charge in [0.2, 0.25) is 0 Å². The number of piperidine rings is 1. The summed E-state index contributed by atoms with van der Waals surface area (Å²) in [6.07, 6.45) is 3.42. The van der Waals surface area contributed by atoms with Crippen molar-refractivity contribution in [1.29, 1.82) is 0 Å². The van der Waals surface area contributed by atoms with Crippen molar-refractivity contribution < 1.29 is 13.6 Å². The van der Waals surface area contributed by atoms with E-state index in [1.807, 2.05) is 0 Å². The quantitative estimate of drug-likeness (QED) is 0.945. The number of carbonyl (C=O) groups excluding carboxylic acids is 1. The van der Waals surface area contributed by atoms with Crippen molar-refractivity contribution >= 4 is 17.4 Å². The fourth-order valence-corrected chi connectivity index (χ4v) is 2.53. The minimum absolute atomic E-state index is 0.00779. The van der Waals surface area contributed by atoms with Crippen molar-refractivity contribution in [3.8, 4) is 0 Å². The Labute approximate surface area is 132 Å². The average molecular weight is 318 g/mol. The zero-order chi connectivity index (χ0) is 16.2. The molecule has 3 rings (SSSR count). The Bertz CT molecular complexity index is 679. The van der Waals surface area contributed by atoms with Gasteiger partial charge in [0, 0.05) is 13.1 Å². The van der Waals surface area contributed by atoms with Gasteiger partial charge in [0.05, 0.1) is 0 Å². The van der Waals surface area contributed by atoms with Crippen LogP contribution >= 0.6 is 0 Å². The van der Waals surface area contributed by atoms with Crippen LogP contribution in [0.1, 0.15) is 29.8 Å². The number of rotatable bonds is 3. The summed E-state index contributed by atoms with van der Waals surface area (Å²) in [6.45, 7) is 1.83. The van der Waals surface area contributed by atoms with Crippen LogP contribution in [0.15, 0.2) is 30.3 Å². The molecule has 1 saturated heterocycles. The first kappa shape index (κ1) is 15.3. The number of para-hydroxylation sites is 1. The van der Waals surface area contributed by atoms with E-state index < -0.39 is 23.2 Å². The van der Waals surface area contributed by atoms with Crippen molar-refractivity contribution in [3.63, 3.8) is 0 Å². The highest BCUT2D eigenvalue weighted by Crippen LogP contribution is 2.19. The van der Waals surface area contributed by atoms with Gasteiger partial charge in [0.25, 0.3) is 5.91 Å². The molecule has 7 heteroatoms. The summed E-state index contributed by atoms with van der Waals surface area (Å²) in [7, 11) is 0. The van der Waals surface area contributed by atoms with Crippen molar-refractivity contribution in [2.75, 3.05) is 23.3 Å². The lowest BCUT2D eigenvalue weighted by atomic mass is 10.1. The second-order valence-corrected chi connectivity index (χ2v) is 5.38. The van der Waals surface area contributed by atoms with E-state index in [4.69, 9.17) is 0 Å². The molecule has 0 unspecified atom stereocenters. The fourth-order valence-electron chi connectivity index (χ4n) is 2.53. The molecule has 1 aliphatic heterocycles. The fraction of sp³-hybridized carbons (Fsp3) is 0.312. The summed E-state index contributed by atoms with van der Waals surface area (Å²) in [6, 6.07) is 6.58. The van der Waals surface area contributed by atoms with Crippen molar-refractivity contribution in [2.45, 2.75) is 19.3 Å². The Hall–Kier alpha value is -2.57. The molecule has 0 atom stereocenters. The topological polar surface area (TPSA) is 58.1 Å². The third kappa shape index (κ3) is 3.44. The second kappa shape index (κ2) is 6.68. The Balaban J connectivity index is 1.72. The number of nitrogens with zero attached hydrogens (tertiary/aromatic N) is 3. The third-order valence-electron chi connectivity index (χ3n) is 3.76. The predicted molar refractivity (Wildman–Crippen MR) is 82.4 cm³/mol. The second-order valence-electron chi connectivity index (χ2n) is 5.38. The van der Waals surface area contributed by atoms with Crippen LogP contribution < -0.4 is 10.2 Å². The molecule has 1 aliphatic rings. The van der Waals surface area contributed by atoms with Crippen LogP contribution in [0.2, 0.25) is 0 Å². The third-order valence-corrected chi connectivity index (χ3v) is 3.76. The maximum absolute atomic E-state index is 13.5. The molecule has 0 spiro atoms. The summed E-state index contributed by atoms with van der Waals surface area (Å²) in [4.78, 5) is 14.2. The molecular formula is C16H16F2N4O. The molecule has 0 radical (unpaired) electrons. The summed E-state index contributed by atoms with van der Waals surface area (Å²) < 4.78 is 27.1.